The van der Waals surface area contributed by atoms with Gasteiger partial charge >= 0.3 is 12.1 Å². The van der Waals surface area contributed by atoms with Gasteiger partial charge in [-0.15, -0.1) is 0 Å². The van der Waals surface area contributed by atoms with Crippen molar-refractivity contribution in [3.8, 4) is 0 Å². The summed E-state index contributed by atoms with van der Waals surface area (Å²) in [5.41, 5.74) is 0.525. The lowest BCUT2D eigenvalue weighted by atomic mass is 9.95. The Labute approximate surface area is 171 Å². The Morgan fingerprint density at radius 3 is 2.30 bits per heavy atom. The molecule has 0 atom stereocenters. The maximum absolute atomic E-state index is 12.6. The maximum Gasteiger partial charge on any atom is 0.417 e. The van der Waals surface area contributed by atoms with E-state index in [1.165, 1.54) is 12.1 Å². The van der Waals surface area contributed by atoms with Crippen LogP contribution in [0.4, 0.5) is 24.7 Å². The minimum absolute atomic E-state index is 0.121. The summed E-state index contributed by atoms with van der Waals surface area (Å²) in [5, 5.41) is 11.5. The summed E-state index contributed by atoms with van der Waals surface area (Å²) in [4.78, 5) is 28.8. The molecule has 1 saturated heterocycles. The van der Waals surface area contributed by atoms with Gasteiger partial charge in [-0.2, -0.15) is 13.2 Å². The Bertz CT molecular complexity index is 917. The molecule has 1 aliphatic rings. The van der Waals surface area contributed by atoms with Crippen molar-refractivity contribution in [1.29, 1.82) is 0 Å². The Kier molecular flexibility index (Phi) is 6.39. The van der Waals surface area contributed by atoms with E-state index in [1.54, 1.807) is 24.3 Å². The van der Waals surface area contributed by atoms with Gasteiger partial charge in [-0.3, -0.25) is 4.79 Å². The van der Waals surface area contributed by atoms with Crippen LogP contribution in [0.1, 0.15) is 24.0 Å². The van der Waals surface area contributed by atoms with Gasteiger partial charge in [0.15, 0.2) is 0 Å². The number of carboxylic acids is 1. The van der Waals surface area contributed by atoms with Crippen LogP contribution < -0.4 is 10.2 Å². The van der Waals surface area contributed by atoms with Crippen molar-refractivity contribution in [2.24, 2.45) is 5.92 Å². The zero-order chi connectivity index (χ0) is 21.7. The van der Waals surface area contributed by atoms with Crippen LogP contribution in [0.2, 0.25) is 0 Å². The minimum atomic E-state index is -4.42. The first-order valence-electron chi connectivity index (χ1n) is 9.32. The van der Waals surface area contributed by atoms with Crippen molar-refractivity contribution >= 4 is 29.5 Å². The fraction of sp³-hybridized carbons (Fsp3) is 0.286. The first-order valence-corrected chi connectivity index (χ1v) is 9.32. The van der Waals surface area contributed by atoms with E-state index in [0.29, 0.717) is 43.0 Å². The fourth-order valence-corrected chi connectivity index (χ4v) is 3.20. The molecule has 1 aliphatic heterocycles. The number of amides is 1. The Hall–Kier alpha value is -3.36. The quantitative estimate of drug-likeness (QED) is 0.715. The second-order valence-electron chi connectivity index (χ2n) is 6.95. The number of nitrogens with zero attached hydrogens (tertiary/aromatic N) is 2. The van der Waals surface area contributed by atoms with Crippen LogP contribution in [0.25, 0.3) is 6.08 Å². The third-order valence-electron chi connectivity index (χ3n) is 4.86. The molecule has 30 heavy (non-hydrogen) atoms. The van der Waals surface area contributed by atoms with Crippen molar-refractivity contribution in [1.82, 2.24) is 4.98 Å². The highest BCUT2D eigenvalue weighted by molar-refractivity contribution is 5.93. The second kappa shape index (κ2) is 8.98. The summed E-state index contributed by atoms with van der Waals surface area (Å²) < 4.78 is 37.9. The fourth-order valence-electron chi connectivity index (χ4n) is 3.20. The van der Waals surface area contributed by atoms with Gasteiger partial charge in [0, 0.05) is 37.0 Å². The van der Waals surface area contributed by atoms with Gasteiger partial charge in [-0.25, -0.2) is 9.78 Å². The molecule has 9 heteroatoms. The van der Waals surface area contributed by atoms with Crippen LogP contribution >= 0.6 is 0 Å². The number of carboxylic acid groups (broad SMARTS) is 1. The molecule has 0 saturated carbocycles. The second-order valence-corrected chi connectivity index (χ2v) is 6.95. The Balaban J connectivity index is 1.52. The zero-order valence-electron chi connectivity index (χ0n) is 15.9. The number of pyridine rings is 1. The van der Waals surface area contributed by atoms with E-state index in [4.69, 9.17) is 5.11 Å². The summed E-state index contributed by atoms with van der Waals surface area (Å²) in [6.07, 6.45) is 0.0264. The van der Waals surface area contributed by atoms with Crippen LogP contribution in [0.5, 0.6) is 0 Å². The summed E-state index contributed by atoms with van der Waals surface area (Å²) in [7, 11) is 0. The molecule has 0 radical (unpaired) electrons. The van der Waals surface area contributed by atoms with Crippen LogP contribution in [0.15, 0.2) is 48.7 Å². The van der Waals surface area contributed by atoms with E-state index in [2.05, 4.69) is 10.3 Å². The van der Waals surface area contributed by atoms with Crippen molar-refractivity contribution in [2.45, 2.75) is 19.0 Å². The smallest absolute Gasteiger partial charge is 0.417 e. The molecular formula is C21H20F3N3O3. The first-order chi connectivity index (χ1) is 14.2. The number of aliphatic carboxylic acids is 1. The van der Waals surface area contributed by atoms with Crippen molar-refractivity contribution < 1.29 is 27.9 Å². The number of halogens is 3. The molecule has 0 aliphatic carbocycles. The van der Waals surface area contributed by atoms with Gasteiger partial charge in [-0.05, 0) is 48.7 Å². The Morgan fingerprint density at radius 1 is 1.10 bits per heavy atom. The maximum atomic E-state index is 12.6. The topological polar surface area (TPSA) is 82.5 Å². The molecule has 2 N–H and O–H groups in total. The van der Waals surface area contributed by atoms with E-state index >= 15 is 0 Å². The summed E-state index contributed by atoms with van der Waals surface area (Å²) in [6, 6.07) is 9.16. The molecule has 6 nitrogen and oxygen atoms in total. The highest BCUT2D eigenvalue weighted by atomic mass is 19.4. The number of piperidine rings is 1. The van der Waals surface area contributed by atoms with Gasteiger partial charge in [0.25, 0.3) is 0 Å². The zero-order valence-corrected chi connectivity index (χ0v) is 15.9. The number of aromatic nitrogens is 1. The number of rotatable bonds is 5. The molecule has 0 bridgehead atoms. The predicted octanol–water partition coefficient (Wildman–Crippen LogP) is 4.05. The van der Waals surface area contributed by atoms with Crippen molar-refractivity contribution in [2.75, 3.05) is 23.3 Å². The average molecular weight is 419 g/mol. The van der Waals surface area contributed by atoms with Gasteiger partial charge in [0.2, 0.25) is 5.91 Å². The number of carbonyl (C=O) groups is 2. The number of hydrogen-bond donors (Lipinski definition) is 2. The van der Waals surface area contributed by atoms with Gasteiger partial charge < -0.3 is 15.3 Å². The summed E-state index contributed by atoms with van der Waals surface area (Å²) in [6.45, 7) is 1.05. The standard InChI is InChI=1S/C21H20F3N3O3/c22-21(23,24)16-4-7-18(25-13-16)27-11-9-15(10-12-27)20(30)26-17-5-1-14(2-6-17)3-8-19(28)29/h1-8,13,15H,9-12H2,(H,26,30)(H,28,29). The number of alkyl halides is 3. The molecule has 0 spiro atoms. The van der Waals surface area contributed by atoms with Crippen LogP contribution in [0, 0.1) is 5.92 Å². The third kappa shape index (κ3) is 5.59. The van der Waals surface area contributed by atoms with E-state index in [0.717, 1.165) is 18.3 Å². The summed E-state index contributed by atoms with van der Waals surface area (Å²) >= 11 is 0. The van der Waals surface area contributed by atoms with Crippen LogP contribution in [0.3, 0.4) is 0 Å². The molecule has 158 valence electrons. The highest BCUT2D eigenvalue weighted by Crippen LogP contribution is 2.30. The average Bonchev–Trinajstić information content (AvgIpc) is 2.73. The minimum Gasteiger partial charge on any atom is -0.478 e. The van der Waals surface area contributed by atoms with Crippen LogP contribution in [-0.4, -0.2) is 35.1 Å². The van der Waals surface area contributed by atoms with E-state index in [9.17, 15) is 22.8 Å². The number of hydrogen-bond acceptors (Lipinski definition) is 4. The van der Waals surface area contributed by atoms with Gasteiger partial charge in [0.05, 0.1) is 5.56 Å². The molecular weight excluding hydrogens is 399 g/mol. The molecule has 2 heterocycles. The van der Waals surface area contributed by atoms with Crippen LogP contribution in [-0.2, 0) is 15.8 Å². The number of anilines is 2. The SMILES string of the molecule is O=C(O)C=Cc1ccc(NC(=O)C2CCN(c3ccc(C(F)(F)F)cn3)CC2)cc1. The largest absolute Gasteiger partial charge is 0.478 e. The van der Waals surface area contributed by atoms with E-state index < -0.39 is 17.7 Å². The lowest BCUT2D eigenvalue weighted by Crippen LogP contribution is -2.38. The molecule has 1 aromatic heterocycles. The Morgan fingerprint density at radius 2 is 1.77 bits per heavy atom. The molecule has 2 aromatic rings. The monoisotopic (exact) mass is 419 g/mol. The third-order valence-corrected chi connectivity index (χ3v) is 4.86. The highest BCUT2D eigenvalue weighted by Gasteiger charge is 2.31. The number of nitrogens with one attached hydrogen (secondary N) is 1. The first kappa shape index (κ1) is 21.4. The predicted molar refractivity (Wildman–Crippen MR) is 106 cm³/mol. The molecule has 3 rings (SSSR count). The molecule has 1 fully saturated rings. The molecule has 0 unspecified atom stereocenters. The molecule has 1 aromatic carbocycles. The van der Waals surface area contributed by atoms with E-state index in [-0.39, 0.29) is 11.8 Å². The van der Waals surface area contributed by atoms with Gasteiger partial charge in [0.1, 0.15) is 5.82 Å². The molecule has 1 amide bonds. The number of benzene rings is 1. The van der Waals surface area contributed by atoms with E-state index in [1.807, 2.05) is 4.90 Å². The lowest BCUT2D eigenvalue weighted by molar-refractivity contribution is -0.138. The van der Waals surface area contributed by atoms with Gasteiger partial charge in [-0.1, -0.05) is 12.1 Å². The van der Waals surface area contributed by atoms with Crippen molar-refractivity contribution in [3.63, 3.8) is 0 Å². The lowest BCUT2D eigenvalue weighted by Gasteiger charge is -2.32. The normalized spacial score (nSPS) is 15.4. The summed E-state index contributed by atoms with van der Waals surface area (Å²) in [5.74, 6) is -0.900. The number of carbonyl (C=O) groups excluding carboxylic acids is 1. The van der Waals surface area contributed by atoms with Crippen molar-refractivity contribution in [3.05, 3.63) is 59.8 Å².